The van der Waals surface area contributed by atoms with Crippen LogP contribution in [0.1, 0.15) is 18.5 Å². The molecule has 0 aliphatic carbocycles. The van der Waals surface area contributed by atoms with Crippen molar-refractivity contribution in [1.82, 2.24) is 0 Å². The molecule has 0 spiro atoms. The predicted octanol–water partition coefficient (Wildman–Crippen LogP) is 4.53. The minimum absolute atomic E-state index is 0.0611. The molecule has 1 aliphatic rings. The zero-order valence-corrected chi connectivity index (χ0v) is 13.1. The highest BCUT2D eigenvalue weighted by atomic mass is 79.9. The van der Waals surface area contributed by atoms with E-state index in [1.807, 2.05) is 31.2 Å². The van der Waals surface area contributed by atoms with E-state index in [0.29, 0.717) is 23.4 Å². The Labute approximate surface area is 131 Å². The third kappa shape index (κ3) is 2.97. The summed E-state index contributed by atoms with van der Waals surface area (Å²) in [7, 11) is 0. The van der Waals surface area contributed by atoms with E-state index in [1.165, 1.54) is 6.07 Å². The molecule has 0 saturated carbocycles. The first kappa shape index (κ1) is 14.2. The molecule has 1 heterocycles. The largest absolute Gasteiger partial charge is 0.486 e. The number of nitrogens with one attached hydrogen (secondary N) is 1. The highest BCUT2D eigenvalue weighted by molar-refractivity contribution is 9.10. The van der Waals surface area contributed by atoms with Crippen LogP contribution >= 0.6 is 15.9 Å². The van der Waals surface area contributed by atoms with Gasteiger partial charge in [0.2, 0.25) is 0 Å². The number of rotatable bonds is 3. The lowest BCUT2D eigenvalue weighted by atomic mass is 10.1. The van der Waals surface area contributed by atoms with Crippen LogP contribution in [0.25, 0.3) is 0 Å². The van der Waals surface area contributed by atoms with Crippen LogP contribution in [0.5, 0.6) is 11.5 Å². The summed E-state index contributed by atoms with van der Waals surface area (Å²) in [6.45, 7) is 3.10. The number of hydrogen-bond donors (Lipinski definition) is 1. The molecule has 0 amide bonds. The van der Waals surface area contributed by atoms with Gasteiger partial charge in [0.15, 0.2) is 11.5 Å². The summed E-state index contributed by atoms with van der Waals surface area (Å²) in [5.41, 5.74) is 1.47. The first-order chi connectivity index (χ1) is 10.1. The predicted molar refractivity (Wildman–Crippen MR) is 83.6 cm³/mol. The Morgan fingerprint density at radius 3 is 2.67 bits per heavy atom. The lowest BCUT2D eigenvalue weighted by Gasteiger charge is -2.22. The van der Waals surface area contributed by atoms with Crippen molar-refractivity contribution >= 4 is 21.6 Å². The summed E-state index contributed by atoms with van der Waals surface area (Å²) < 4.78 is 25.6. The van der Waals surface area contributed by atoms with Gasteiger partial charge in [0.25, 0.3) is 0 Å². The molecule has 110 valence electrons. The summed E-state index contributed by atoms with van der Waals surface area (Å²) >= 11 is 3.36. The molecule has 3 nitrogen and oxygen atoms in total. The van der Waals surface area contributed by atoms with Crippen LogP contribution in [0.3, 0.4) is 0 Å². The van der Waals surface area contributed by atoms with Crippen molar-refractivity contribution in [3.8, 4) is 11.5 Å². The molecule has 0 fully saturated rings. The third-order valence-electron chi connectivity index (χ3n) is 3.39. The Kier molecular flexibility index (Phi) is 4.01. The van der Waals surface area contributed by atoms with Gasteiger partial charge in [-0.25, -0.2) is 4.39 Å². The molecule has 2 aromatic rings. The second kappa shape index (κ2) is 5.93. The molecule has 0 saturated heterocycles. The van der Waals surface area contributed by atoms with Crippen molar-refractivity contribution in [3.05, 3.63) is 52.3 Å². The topological polar surface area (TPSA) is 30.5 Å². The van der Waals surface area contributed by atoms with Gasteiger partial charge in [0.1, 0.15) is 19.0 Å². The van der Waals surface area contributed by atoms with Crippen molar-refractivity contribution in [2.75, 3.05) is 18.5 Å². The maximum atomic E-state index is 13.9. The first-order valence-corrected chi connectivity index (χ1v) is 7.54. The Morgan fingerprint density at radius 1 is 1.14 bits per heavy atom. The van der Waals surface area contributed by atoms with E-state index in [-0.39, 0.29) is 11.9 Å². The van der Waals surface area contributed by atoms with E-state index in [1.54, 1.807) is 6.07 Å². The first-order valence-electron chi connectivity index (χ1n) is 6.75. The van der Waals surface area contributed by atoms with Gasteiger partial charge in [-0.1, -0.05) is 12.1 Å². The zero-order valence-electron chi connectivity index (χ0n) is 11.5. The molecule has 1 atom stereocenters. The number of hydrogen-bond acceptors (Lipinski definition) is 3. The maximum Gasteiger partial charge on any atom is 0.161 e. The Hall–Kier alpha value is -1.75. The highest BCUT2D eigenvalue weighted by Crippen LogP contribution is 2.34. The van der Waals surface area contributed by atoms with E-state index in [9.17, 15) is 4.39 Å². The normalized spacial score (nSPS) is 14.6. The highest BCUT2D eigenvalue weighted by Gasteiger charge is 2.16. The molecule has 0 bridgehead atoms. The molecule has 2 aromatic carbocycles. The fraction of sp³-hybridized carbons (Fsp3) is 0.250. The van der Waals surface area contributed by atoms with E-state index in [4.69, 9.17) is 9.47 Å². The van der Waals surface area contributed by atoms with E-state index in [0.717, 1.165) is 17.1 Å². The Morgan fingerprint density at radius 2 is 1.90 bits per heavy atom. The van der Waals surface area contributed by atoms with Gasteiger partial charge >= 0.3 is 0 Å². The molecular formula is C16H15BrFNO2. The lowest BCUT2D eigenvalue weighted by Crippen LogP contribution is -2.16. The van der Waals surface area contributed by atoms with Crippen molar-refractivity contribution in [3.63, 3.8) is 0 Å². The number of benzene rings is 2. The molecular weight excluding hydrogens is 337 g/mol. The maximum absolute atomic E-state index is 13.9. The fourth-order valence-electron chi connectivity index (χ4n) is 2.26. The van der Waals surface area contributed by atoms with Gasteiger partial charge in [-0.05, 0) is 52.7 Å². The lowest BCUT2D eigenvalue weighted by molar-refractivity contribution is 0.171. The van der Waals surface area contributed by atoms with Crippen LogP contribution in [0.2, 0.25) is 0 Å². The number of fused-ring (bicyclic) bond motifs is 1. The molecule has 1 N–H and O–H groups in total. The third-order valence-corrected chi connectivity index (χ3v) is 4.05. The smallest absolute Gasteiger partial charge is 0.161 e. The molecule has 1 unspecified atom stereocenters. The summed E-state index contributed by atoms with van der Waals surface area (Å²) in [4.78, 5) is 0. The molecule has 3 rings (SSSR count). The number of ether oxygens (including phenoxy) is 2. The molecule has 1 aliphatic heterocycles. The SMILES string of the molecule is CC(Nc1c(F)cccc1Br)c1ccc2c(c1)OCCO2. The van der Waals surface area contributed by atoms with Crippen molar-refractivity contribution in [2.24, 2.45) is 0 Å². The quantitative estimate of drug-likeness (QED) is 0.880. The Balaban J connectivity index is 1.84. The van der Waals surface area contributed by atoms with Gasteiger partial charge in [-0.15, -0.1) is 0 Å². The van der Waals surface area contributed by atoms with Crippen LogP contribution in [0.4, 0.5) is 10.1 Å². The van der Waals surface area contributed by atoms with Crippen LogP contribution in [-0.2, 0) is 0 Å². The monoisotopic (exact) mass is 351 g/mol. The summed E-state index contributed by atoms with van der Waals surface area (Å²) in [5, 5.41) is 3.18. The molecule has 5 heteroatoms. The van der Waals surface area contributed by atoms with E-state index in [2.05, 4.69) is 21.2 Å². The van der Waals surface area contributed by atoms with Crippen molar-refractivity contribution in [1.29, 1.82) is 0 Å². The molecule has 0 aromatic heterocycles. The van der Waals surface area contributed by atoms with Gasteiger partial charge in [-0.2, -0.15) is 0 Å². The van der Waals surface area contributed by atoms with Crippen molar-refractivity contribution < 1.29 is 13.9 Å². The van der Waals surface area contributed by atoms with Crippen LogP contribution < -0.4 is 14.8 Å². The second-order valence-corrected chi connectivity index (χ2v) is 5.72. The zero-order chi connectivity index (χ0) is 14.8. The summed E-state index contributed by atoms with van der Waals surface area (Å²) in [6.07, 6.45) is 0. The minimum Gasteiger partial charge on any atom is -0.486 e. The van der Waals surface area contributed by atoms with E-state index >= 15 is 0 Å². The molecule has 0 radical (unpaired) electrons. The number of anilines is 1. The average molecular weight is 352 g/mol. The van der Waals surface area contributed by atoms with Crippen molar-refractivity contribution in [2.45, 2.75) is 13.0 Å². The van der Waals surface area contributed by atoms with Crippen LogP contribution in [0, 0.1) is 5.82 Å². The standard InChI is InChI=1S/C16H15BrFNO2/c1-10(19-16-12(17)3-2-4-13(16)18)11-5-6-14-15(9-11)21-8-7-20-14/h2-6,9-10,19H,7-8H2,1H3. The number of halogens is 2. The van der Waals surface area contributed by atoms with Gasteiger partial charge < -0.3 is 14.8 Å². The van der Waals surface area contributed by atoms with Gasteiger partial charge in [0.05, 0.1) is 5.69 Å². The van der Waals surface area contributed by atoms with Gasteiger partial charge in [-0.3, -0.25) is 0 Å². The average Bonchev–Trinajstić information content (AvgIpc) is 2.50. The molecule has 21 heavy (non-hydrogen) atoms. The fourth-order valence-corrected chi connectivity index (χ4v) is 2.72. The van der Waals surface area contributed by atoms with E-state index < -0.39 is 0 Å². The summed E-state index contributed by atoms with van der Waals surface area (Å²) in [6, 6.07) is 10.6. The van der Waals surface area contributed by atoms with Crippen LogP contribution in [-0.4, -0.2) is 13.2 Å². The second-order valence-electron chi connectivity index (χ2n) is 4.87. The minimum atomic E-state index is -0.284. The number of para-hydroxylation sites is 1. The summed E-state index contributed by atoms with van der Waals surface area (Å²) in [5.74, 6) is 1.21. The van der Waals surface area contributed by atoms with Crippen LogP contribution in [0.15, 0.2) is 40.9 Å². The van der Waals surface area contributed by atoms with Gasteiger partial charge in [0, 0.05) is 10.5 Å². The Bertz CT molecular complexity index is 642.